The van der Waals surface area contributed by atoms with Crippen molar-refractivity contribution in [2.45, 2.75) is 10.1 Å². The first kappa shape index (κ1) is 13.5. The Morgan fingerprint density at radius 3 is 1.65 bits per heavy atom. The monoisotopic (exact) mass is 280 g/mol. The highest BCUT2D eigenvalue weighted by molar-refractivity contribution is 7.91. The summed E-state index contributed by atoms with van der Waals surface area (Å²) in [6, 6.07) is 0. The molecule has 1 heterocycles. The molecule has 0 amide bonds. The highest BCUT2D eigenvalue weighted by Crippen LogP contribution is 2.19. The van der Waals surface area contributed by atoms with Crippen molar-refractivity contribution in [3.8, 4) is 0 Å². The predicted octanol–water partition coefficient (Wildman–Crippen LogP) is -1.02. The predicted molar refractivity (Wildman–Crippen MR) is 55.2 cm³/mol. The van der Waals surface area contributed by atoms with E-state index in [1.807, 2.05) is 0 Å². The second kappa shape index (κ2) is 4.04. The fourth-order valence-electron chi connectivity index (χ4n) is 1.10. The van der Waals surface area contributed by atoms with Crippen LogP contribution in [0.25, 0.3) is 0 Å². The first-order valence-electron chi connectivity index (χ1n) is 4.03. The molecule has 0 aliphatic heterocycles. The van der Waals surface area contributed by atoms with Crippen molar-refractivity contribution in [2.24, 2.45) is 0 Å². The van der Waals surface area contributed by atoms with Gasteiger partial charge in [0.1, 0.15) is 11.9 Å². The minimum atomic E-state index is -3.96. The molecule has 8 nitrogen and oxygen atoms in total. The number of aromatic carboxylic acids is 1. The molecule has 1 aromatic heterocycles. The summed E-state index contributed by atoms with van der Waals surface area (Å²) in [6.07, 6.45) is 2.15. The molecule has 0 fully saturated rings. The Bertz CT molecular complexity index is 626. The van der Waals surface area contributed by atoms with Crippen LogP contribution in [-0.4, -0.2) is 50.4 Å². The lowest BCUT2D eigenvalue weighted by molar-refractivity contribution is 0.0686. The molecule has 0 bridgehead atoms. The molecule has 1 rings (SSSR count). The van der Waals surface area contributed by atoms with Crippen molar-refractivity contribution in [1.82, 2.24) is 9.97 Å². The molecular weight excluding hydrogens is 272 g/mol. The van der Waals surface area contributed by atoms with Gasteiger partial charge >= 0.3 is 5.97 Å². The summed E-state index contributed by atoms with van der Waals surface area (Å²) in [5, 5.41) is 7.23. The van der Waals surface area contributed by atoms with Gasteiger partial charge in [0.2, 0.25) is 0 Å². The van der Waals surface area contributed by atoms with Gasteiger partial charge in [0.25, 0.3) is 0 Å². The van der Waals surface area contributed by atoms with E-state index in [1.165, 1.54) is 0 Å². The quantitative estimate of drug-likeness (QED) is 0.696. The molecule has 17 heavy (non-hydrogen) atoms. The minimum absolute atomic E-state index is 0.694. The van der Waals surface area contributed by atoms with Crippen LogP contribution in [-0.2, 0) is 19.7 Å². The fourth-order valence-corrected chi connectivity index (χ4v) is 2.75. The third-order valence-electron chi connectivity index (χ3n) is 1.69. The van der Waals surface area contributed by atoms with Gasteiger partial charge in [-0.1, -0.05) is 0 Å². The summed E-state index contributed by atoms with van der Waals surface area (Å²) in [5.41, 5.74) is -0.933. The van der Waals surface area contributed by atoms with Crippen LogP contribution in [0.3, 0.4) is 0 Å². The van der Waals surface area contributed by atoms with Crippen molar-refractivity contribution in [1.29, 1.82) is 0 Å². The Morgan fingerprint density at radius 2 is 1.41 bits per heavy atom. The lowest BCUT2D eigenvalue weighted by Crippen LogP contribution is -2.17. The molecule has 0 radical (unpaired) electrons. The van der Waals surface area contributed by atoms with E-state index in [9.17, 15) is 21.6 Å². The Labute approximate surface area is 97.2 Å². The van der Waals surface area contributed by atoms with Crippen LogP contribution >= 0.6 is 0 Å². The molecule has 0 aliphatic carbocycles. The normalized spacial score (nSPS) is 12.4. The van der Waals surface area contributed by atoms with Crippen LogP contribution < -0.4 is 0 Å². The third kappa shape index (κ3) is 2.77. The van der Waals surface area contributed by atoms with Gasteiger partial charge in [-0.2, -0.15) is 0 Å². The Kier molecular flexibility index (Phi) is 3.21. The van der Waals surface area contributed by atoms with Crippen molar-refractivity contribution in [3.63, 3.8) is 0 Å². The van der Waals surface area contributed by atoms with Gasteiger partial charge in [-0.25, -0.2) is 31.6 Å². The largest absolute Gasteiger partial charge is 0.477 e. The van der Waals surface area contributed by atoms with E-state index in [4.69, 9.17) is 5.11 Å². The number of hydrogen-bond acceptors (Lipinski definition) is 7. The maximum absolute atomic E-state index is 11.3. The van der Waals surface area contributed by atoms with Gasteiger partial charge in [-0.15, -0.1) is 0 Å². The number of nitrogens with zero attached hydrogens (tertiary/aromatic N) is 2. The summed E-state index contributed by atoms with van der Waals surface area (Å²) >= 11 is 0. The molecule has 0 saturated carbocycles. The van der Waals surface area contributed by atoms with E-state index in [0.717, 1.165) is 12.5 Å². The second-order valence-corrected chi connectivity index (χ2v) is 7.07. The van der Waals surface area contributed by atoms with E-state index in [-0.39, 0.29) is 0 Å². The summed E-state index contributed by atoms with van der Waals surface area (Å²) in [5.74, 6) is -1.72. The molecule has 0 atom stereocenters. The van der Waals surface area contributed by atoms with E-state index in [1.54, 1.807) is 0 Å². The molecule has 0 aromatic carbocycles. The minimum Gasteiger partial charge on any atom is -0.477 e. The molecule has 10 heteroatoms. The topological polar surface area (TPSA) is 131 Å². The molecule has 1 N–H and O–H groups in total. The van der Waals surface area contributed by atoms with E-state index >= 15 is 0 Å². The lowest BCUT2D eigenvalue weighted by Gasteiger charge is -2.06. The average molecular weight is 280 g/mol. The van der Waals surface area contributed by atoms with Crippen LogP contribution in [0.4, 0.5) is 0 Å². The number of hydrogen-bond donors (Lipinski definition) is 1. The van der Waals surface area contributed by atoms with Crippen LogP contribution in [0.5, 0.6) is 0 Å². The van der Waals surface area contributed by atoms with Crippen molar-refractivity contribution in [2.75, 3.05) is 12.5 Å². The lowest BCUT2D eigenvalue weighted by atomic mass is 10.3. The number of carboxylic acids is 1. The highest BCUT2D eigenvalue weighted by atomic mass is 32.2. The molecule has 94 valence electrons. The molecule has 0 unspecified atom stereocenters. The molecule has 0 spiro atoms. The van der Waals surface area contributed by atoms with Crippen molar-refractivity contribution >= 4 is 25.6 Å². The SMILES string of the molecule is CS(=O)(=O)c1ncnc(S(C)(=O)=O)c1C(=O)O. The van der Waals surface area contributed by atoms with Gasteiger partial charge < -0.3 is 5.11 Å². The van der Waals surface area contributed by atoms with E-state index in [0.29, 0.717) is 6.33 Å². The second-order valence-electron chi connectivity index (χ2n) is 3.21. The van der Waals surface area contributed by atoms with Crippen LogP contribution in [0.2, 0.25) is 0 Å². The molecule has 0 saturated heterocycles. The average Bonchev–Trinajstić information content (AvgIpc) is 2.13. The maximum atomic E-state index is 11.3. The third-order valence-corrected chi connectivity index (χ3v) is 3.72. The number of rotatable bonds is 3. The van der Waals surface area contributed by atoms with Crippen molar-refractivity contribution in [3.05, 3.63) is 11.9 Å². The first-order chi connectivity index (χ1) is 7.55. The number of carbonyl (C=O) groups is 1. The summed E-state index contributed by atoms with van der Waals surface area (Å²) in [4.78, 5) is 17.5. The Morgan fingerprint density at radius 1 is 1.06 bits per heavy atom. The van der Waals surface area contributed by atoms with Crippen LogP contribution in [0.15, 0.2) is 16.4 Å². The number of sulfone groups is 2. The maximum Gasteiger partial charge on any atom is 0.341 e. The first-order valence-corrected chi connectivity index (χ1v) is 7.82. The summed E-state index contributed by atoms with van der Waals surface area (Å²) in [7, 11) is -7.92. The van der Waals surface area contributed by atoms with Crippen LogP contribution in [0.1, 0.15) is 10.4 Å². The number of aromatic nitrogens is 2. The standard InChI is InChI=1S/C7H8N2O6S2/c1-16(12,13)5-4(7(10)11)6(9-3-8-5)17(2,14)15/h3H,1-2H3,(H,10,11). The smallest absolute Gasteiger partial charge is 0.341 e. The fraction of sp³-hybridized carbons (Fsp3) is 0.286. The van der Waals surface area contributed by atoms with Crippen molar-refractivity contribution < 1.29 is 26.7 Å². The zero-order valence-corrected chi connectivity index (χ0v) is 10.4. The Balaban J connectivity index is 3.86. The Hall–Kier alpha value is -1.55. The zero-order chi connectivity index (χ0) is 13.4. The van der Waals surface area contributed by atoms with Gasteiger partial charge in [0.15, 0.2) is 29.7 Å². The molecular formula is C7H8N2O6S2. The zero-order valence-electron chi connectivity index (χ0n) is 8.78. The summed E-state index contributed by atoms with van der Waals surface area (Å²) in [6.45, 7) is 0. The molecule has 0 aliphatic rings. The van der Waals surface area contributed by atoms with Gasteiger partial charge in [-0.3, -0.25) is 0 Å². The van der Waals surface area contributed by atoms with Crippen LogP contribution in [0, 0.1) is 0 Å². The van der Waals surface area contributed by atoms with Gasteiger partial charge in [-0.05, 0) is 0 Å². The van der Waals surface area contributed by atoms with Gasteiger partial charge in [0.05, 0.1) is 0 Å². The highest BCUT2D eigenvalue weighted by Gasteiger charge is 2.29. The van der Waals surface area contributed by atoms with Gasteiger partial charge in [0, 0.05) is 12.5 Å². The molecule has 1 aromatic rings. The van der Waals surface area contributed by atoms with E-state index < -0.39 is 41.3 Å². The number of carboxylic acid groups (broad SMARTS) is 1. The summed E-state index contributed by atoms with van der Waals surface area (Å²) < 4.78 is 45.2. The van der Waals surface area contributed by atoms with E-state index in [2.05, 4.69) is 9.97 Å².